The normalized spacial score (nSPS) is 13.0. The summed E-state index contributed by atoms with van der Waals surface area (Å²) >= 11 is 0. The molecule has 0 fully saturated rings. The Morgan fingerprint density at radius 2 is 1.90 bits per heavy atom. The van der Waals surface area contributed by atoms with Gasteiger partial charge in [-0.1, -0.05) is 6.07 Å². The summed E-state index contributed by atoms with van der Waals surface area (Å²) in [4.78, 5) is 38.8. The zero-order valence-electron chi connectivity index (χ0n) is 17.6. The van der Waals surface area contributed by atoms with Crippen LogP contribution in [0.4, 0.5) is 21.5 Å². The van der Waals surface area contributed by atoms with Gasteiger partial charge >= 0.3 is 5.97 Å². The predicted octanol–water partition coefficient (Wildman–Crippen LogP) is 3.68. The third-order valence-corrected chi connectivity index (χ3v) is 4.81. The number of nitrogens with one attached hydrogen (secondary N) is 2. The number of anilines is 3. The molecule has 2 amide bonds. The molecule has 2 N–H and O–H groups in total. The summed E-state index contributed by atoms with van der Waals surface area (Å²) in [6.07, 6.45) is 1.19. The highest BCUT2D eigenvalue weighted by atomic mass is 19.1. The number of carbonyl (C=O) groups is 3. The highest BCUT2D eigenvalue weighted by molar-refractivity contribution is 6.10. The van der Waals surface area contributed by atoms with Crippen LogP contribution >= 0.6 is 0 Å². The SMILES string of the molecule is CCOC(=O)CC1=CC(=O)N(CC(=O)Nc2cccc(F)c2)c2cc(C)c(C)cc2N1. The number of nitrogens with zero attached hydrogens (tertiary/aromatic N) is 1. The van der Waals surface area contributed by atoms with E-state index in [0.717, 1.165) is 11.1 Å². The molecule has 0 saturated heterocycles. The molecule has 0 aliphatic carbocycles. The Morgan fingerprint density at radius 3 is 2.61 bits per heavy atom. The van der Waals surface area contributed by atoms with Crippen molar-refractivity contribution in [2.24, 2.45) is 0 Å². The highest BCUT2D eigenvalue weighted by Gasteiger charge is 2.26. The maximum absolute atomic E-state index is 13.4. The highest BCUT2D eigenvalue weighted by Crippen LogP contribution is 2.33. The third-order valence-electron chi connectivity index (χ3n) is 4.81. The van der Waals surface area contributed by atoms with Crippen molar-refractivity contribution in [3.8, 4) is 0 Å². The van der Waals surface area contributed by atoms with E-state index in [-0.39, 0.29) is 19.6 Å². The first kappa shape index (κ1) is 22.0. The number of hydrogen-bond donors (Lipinski definition) is 2. The molecule has 1 heterocycles. The molecule has 0 spiro atoms. The van der Waals surface area contributed by atoms with Crippen molar-refractivity contribution in [3.63, 3.8) is 0 Å². The molecule has 1 aliphatic rings. The molecule has 7 nitrogen and oxygen atoms in total. The first-order valence-corrected chi connectivity index (χ1v) is 9.88. The number of aryl methyl sites for hydroxylation is 2. The van der Waals surface area contributed by atoms with Crippen molar-refractivity contribution in [2.75, 3.05) is 28.7 Å². The summed E-state index contributed by atoms with van der Waals surface area (Å²) < 4.78 is 18.4. The Morgan fingerprint density at radius 1 is 1.16 bits per heavy atom. The van der Waals surface area contributed by atoms with Gasteiger partial charge < -0.3 is 15.4 Å². The van der Waals surface area contributed by atoms with Crippen LogP contribution in [-0.2, 0) is 19.1 Å². The van der Waals surface area contributed by atoms with Crippen molar-refractivity contribution in [2.45, 2.75) is 27.2 Å². The Hall–Kier alpha value is -3.68. The minimum atomic E-state index is -0.481. The van der Waals surface area contributed by atoms with E-state index >= 15 is 0 Å². The van der Waals surface area contributed by atoms with E-state index in [1.54, 1.807) is 13.0 Å². The molecule has 0 saturated carbocycles. The minimum absolute atomic E-state index is 0.102. The summed E-state index contributed by atoms with van der Waals surface area (Å²) in [5.74, 6) is -1.87. The van der Waals surface area contributed by atoms with E-state index in [4.69, 9.17) is 4.74 Å². The number of ether oxygens (including phenoxy) is 1. The lowest BCUT2D eigenvalue weighted by atomic mass is 10.1. The molecular weight excluding hydrogens is 401 g/mol. The molecule has 31 heavy (non-hydrogen) atoms. The van der Waals surface area contributed by atoms with E-state index in [0.29, 0.717) is 22.8 Å². The average molecular weight is 425 g/mol. The van der Waals surface area contributed by atoms with Crippen LogP contribution in [0.3, 0.4) is 0 Å². The second-order valence-electron chi connectivity index (χ2n) is 7.21. The molecule has 2 aromatic carbocycles. The van der Waals surface area contributed by atoms with Gasteiger partial charge in [-0.2, -0.15) is 0 Å². The van der Waals surface area contributed by atoms with Gasteiger partial charge in [0.25, 0.3) is 5.91 Å². The number of rotatable bonds is 6. The molecule has 3 rings (SSSR count). The molecule has 1 aliphatic heterocycles. The molecule has 8 heteroatoms. The van der Waals surface area contributed by atoms with Crippen LogP contribution in [-0.4, -0.2) is 30.9 Å². The summed E-state index contributed by atoms with van der Waals surface area (Å²) in [7, 11) is 0. The standard InChI is InChI=1S/C23H24FN3O4/c1-4-31-23(30)12-18-11-22(29)27(20-9-15(3)14(2)8-19(20)25-18)13-21(28)26-17-7-5-6-16(24)10-17/h5-11,25H,4,12-13H2,1-3H3,(H,26,28). The van der Waals surface area contributed by atoms with Crippen molar-refractivity contribution >= 4 is 34.8 Å². The fourth-order valence-corrected chi connectivity index (χ4v) is 3.22. The number of carbonyl (C=O) groups excluding carboxylic acids is 3. The summed E-state index contributed by atoms with van der Waals surface area (Å²) in [6.45, 7) is 5.50. The Balaban J connectivity index is 1.90. The quantitative estimate of drug-likeness (QED) is 0.690. The second-order valence-corrected chi connectivity index (χ2v) is 7.21. The van der Waals surface area contributed by atoms with Crippen LogP contribution in [0.15, 0.2) is 48.2 Å². The van der Waals surface area contributed by atoms with Gasteiger partial charge in [0.05, 0.1) is 24.4 Å². The predicted molar refractivity (Wildman–Crippen MR) is 116 cm³/mol. The topological polar surface area (TPSA) is 87.7 Å². The molecule has 0 radical (unpaired) electrons. The minimum Gasteiger partial charge on any atom is -0.466 e. The monoisotopic (exact) mass is 425 g/mol. The van der Waals surface area contributed by atoms with Crippen LogP contribution in [0.25, 0.3) is 0 Å². The number of fused-ring (bicyclic) bond motifs is 1. The van der Waals surface area contributed by atoms with Crippen LogP contribution in [0, 0.1) is 19.7 Å². The number of hydrogen-bond acceptors (Lipinski definition) is 5. The van der Waals surface area contributed by atoms with E-state index < -0.39 is 23.6 Å². The van der Waals surface area contributed by atoms with Crippen molar-refractivity contribution in [1.29, 1.82) is 0 Å². The summed E-state index contributed by atoms with van der Waals surface area (Å²) in [5, 5.41) is 5.72. The number of esters is 1. The number of halogens is 1. The summed E-state index contributed by atoms with van der Waals surface area (Å²) in [5.41, 5.74) is 3.71. The maximum atomic E-state index is 13.4. The lowest BCUT2D eigenvalue weighted by Crippen LogP contribution is -2.37. The van der Waals surface area contributed by atoms with Gasteiger partial charge in [0.2, 0.25) is 5.91 Å². The largest absolute Gasteiger partial charge is 0.466 e. The van der Waals surface area contributed by atoms with Crippen molar-refractivity contribution in [3.05, 3.63) is 65.1 Å². The van der Waals surface area contributed by atoms with Crippen LogP contribution in [0.5, 0.6) is 0 Å². The smallest absolute Gasteiger partial charge is 0.311 e. The third kappa shape index (κ3) is 5.48. The average Bonchev–Trinajstić information content (AvgIpc) is 2.79. The van der Waals surface area contributed by atoms with Crippen LogP contribution in [0.2, 0.25) is 0 Å². The van der Waals surface area contributed by atoms with Gasteiger partial charge in [-0.3, -0.25) is 19.3 Å². The maximum Gasteiger partial charge on any atom is 0.311 e. The van der Waals surface area contributed by atoms with Gasteiger partial charge in [-0.05, 0) is 62.2 Å². The van der Waals surface area contributed by atoms with E-state index in [2.05, 4.69) is 10.6 Å². The van der Waals surface area contributed by atoms with Gasteiger partial charge in [-0.25, -0.2) is 4.39 Å². The van der Waals surface area contributed by atoms with E-state index in [1.165, 1.54) is 29.2 Å². The molecule has 0 unspecified atom stereocenters. The fraction of sp³-hybridized carbons (Fsp3) is 0.261. The fourth-order valence-electron chi connectivity index (χ4n) is 3.22. The van der Waals surface area contributed by atoms with Gasteiger partial charge in [0.1, 0.15) is 12.4 Å². The zero-order valence-corrected chi connectivity index (χ0v) is 17.6. The molecule has 0 atom stereocenters. The molecule has 2 aromatic rings. The number of amides is 2. The van der Waals surface area contributed by atoms with Gasteiger partial charge in [0, 0.05) is 17.5 Å². The van der Waals surface area contributed by atoms with Crippen molar-refractivity contribution in [1.82, 2.24) is 0 Å². The Kier molecular flexibility index (Phi) is 6.69. The second kappa shape index (κ2) is 9.42. The lowest BCUT2D eigenvalue weighted by Gasteiger charge is -2.23. The Bertz CT molecular complexity index is 1060. The first-order chi connectivity index (χ1) is 14.8. The number of benzene rings is 2. The van der Waals surface area contributed by atoms with E-state index in [9.17, 15) is 18.8 Å². The molecule has 0 bridgehead atoms. The summed E-state index contributed by atoms with van der Waals surface area (Å²) in [6, 6.07) is 9.19. The van der Waals surface area contributed by atoms with Crippen molar-refractivity contribution < 1.29 is 23.5 Å². The van der Waals surface area contributed by atoms with Crippen LogP contribution in [0.1, 0.15) is 24.5 Å². The van der Waals surface area contributed by atoms with Crippen LogP contribution < -0.4 is 15.5 Å². The Labute approximate surface area is 179 Å². The molecule has 162 valence electrons. The molecule has 0 aromatic heterocycles. The zero-order chi connectivity index (χ0) is 22.5. The van der Waals surface area contributed by atoms with Gasteiger partial charge in [0.15, 0.2) is 0 Å². The van der Waals surface area contributed by atoms with E-state index in [1.807, 2.05) is 26.0 Å². The van der Waals surface area contributed by atoms with Gasteiger partial charge in [-0.15, -0.1) is 0 Å². The first-order valence-electron chi connectivity index (χ1n) is 9.88. The molecular formula is C23H24FN3O4. The lowest BCUT2D eigenvalue weighted by molar-refractivity contribution is -0.142.